The first-order valence-corrected chi connectivity index (χ1v) is 9.18. The SMILES string of the molecule is CCOc1ccccc1-c1csc2nc(-c3ccccc3)c(CN)n12. The molecule has 0 radical (unpaired) electrons. The van der Waals surface area contributed by atoms with Crippen LogP contribution in [0.2, 0.25) is 0 Å². The maximum absolute atomic E-state index is 6.11. The molecule has 0 spiro atoms. The summed E-state index contributed by atoms with van der Waals surface area (Å²) in [6, 6.07) is 18.3. The maximum atomic E-state index is 6.11. The van der Waals surface area contributed by atoms with Gasteiger partial charge < -0.3 is 10.5 Å². The molecule has 4 rings (SSSR count). The van der Waals surface area contributed by atoms with Crippen molar-refractivity contribution in [3.8, 4) is 28.3 Å². The van der Waals surface area contributed by atoms with E-state index in [-0.39, 0.29) is 0 Å². The van der Waals surface area contributed by atoms with E-state index >= 15 is 0 Å². The van der Waals surface area contributed by atoms with E-state index < -0.39 is 0 Å². The molecule has 0 atom stereocenters. The van der Waals surface area contributed by atoms with Crippen LogP contribution in [0, 0.1) is 0 Å². The van der Waals surface area contributed by atoms with E-state index in [0.29, 0.717) is 13.2 Å². The van der Waals surface area contributed by atoms with Crippen LogP contribution in [0.1, 0.15) is 12.6 Å². The molecule has 0 fully saturated rings. The van der Waals surface area contributed by atoms with E-state index in [1.54, 1.807) is 11.3 Å². The largest absolute Gasteiger partial charge is 0.493 e. The predicted octanol–water partition coefficient (Wildman–Crippen LogP) is 4.59. The van der Waals surface area contributed by atoms with E-state index in [1.807, 2.05) is 43.3 Å². The average molecular weight is 349 g/mol. The van der Waals surface area contributed by atoms with Gasteiger partial charge in [0.25, 0.3) is 0 Å². The van der Waals surface area contributed by atoms with Crippen LogP contribution in [0.5, 0.6) is 5.75 Å². The Balaban J connectivity index is 1.94. The Hall–Kier alpha value is -2.63. The van der Waals surface area contributed by atoms with Crippen molar-refractivity contribution in [1.29, 1.82) is 0 Å². The predicted molar refractivity (Wildman–Crippen MR) is 103 cm³/mol. The first-order valence-electron chi connectivity index (χ1n) is 8.30. The van der Waals surface area contributed by atoms with Crippen LogP contribution in [0.15, 0.2) is 60.0 Å². The molecule has 0 unspecified atom stereocenters. The van der Waals surface area contributed by atoms with Crippen LogP contribution < -0.4 is 10.5 Å². The summed E-state index contributed by atoms with van der Waals surface area (Å²) in [6.07, 6.45) is 0. The van der Waals surface area contributed by atoms with E-state index in [2.05, 4.69) is 28.0 Å². The van der Waals surface area contributed by atoms with Gasteiger partial charge in [0.15, 0.2) is 4.96 Å². The topological polar surface area (TPSA) is 52.5 Å². The number of nitrogens with zero attached hydrogens (tertiary/aromatic N) is 2. The van der Waals surface area contributed by atoms with Gasteiger partial charge in [-0.2, -0.15) is 0 Å². The van der Waals surface area contributed by atoms with Crippen molar-refractivity contribution < 1.29 is 4.74 Å². The van der Waals surface area contributed by atoms with Crippen molar-refractivity contribution in [3.63, 3.8) is 0 Å². The lowest BCUT2D eigenvalue weighted by Crippen LogP contribution is -2.04. The molecular weight excluding hydrogens is 330 g/mol. The molecule has 0 saturated heterocycles. The third-order valence-electron chi connectivity index (χ3n) is 4.16. The summed E-state index contributed by atoms with van der Waals surface area (Å²) in [7, 11) is 0. The van der Waals surface area contributed by atoms with Gasteiger partial charge in [0.1, 0.15) is 5.75 Å². The van der Waals surface area contributed by atoms with Gasteiger partial charge in [0.05, 0.1) is 23.7 Å². The van der Waals surface area contributed by atoms with Crippen molar-refractivity contribution in [3.05, 3.63) is 65.7 Å². The van der Waals surface area contributed by atoms with Gasteiger partial charge in [-0.05, 0) is 19.1 Å². The Bertz CT molecular complexity index is 1000. The number of benzene rings is 2. The first-order chi connectivity index (χ1) is 12.3. The highest BCUT2D eigenvalue weighted by Gasteiger charge is 2.19. The van der Waals surface area contributed by atoms with Crippen LogP contribution >= 0.6 is 11.3 Å². The number of aromatic nitrogens is 2. The zero-order valence-electron chi connectivity index (χ0n) is 14.0. The number of ether oxygens (including phenoxy) is 1. The molecule has 2 aromatic heterocycles. The number of fused-ring (bicyclic) bond motifs is 1. The zero-order chi connectivity index (χ0) is 17.2. The lowest BCUT2D eigenvalue weighted by Gasteiger charge is -2.10. The fourth-order valence-corrected chi connectivity index (χ4v) is 3.99. The molecule has 4 aromatic rings. The van der Waals surface area contributed by atoms with Gasteiger partial charge in [-0.3, -0.25) is 4.40 Å². The summed E-state index contributed by atoms with van der Waals surface area (Å²) < 4.78 is 7.97. The highest BCUT2D eigenvalue weighted by molar-refractivity contribution is 7.15. The number of hydrogen-bond acceptors (Lipinski definition) is 4. The second-order valence-corrected chi connectivity index (χ2v) is 6.48. The summed E-state index contributed by atoms with van der Waals surface area (Å²) >= 11 is 1.62. The van der Waals surface area contributed by atoms with Crippen molar-refractivity contribution in [1.82, 2.24) is 9.38 Å². The summed E-state index contributed by atoms with van der Waals surface area (Å²) in [4.78, 5) is 5.78. The molecule has 5 heteroatoms. The molecule has 4 nitrogen and oxygen atoms in total. The first kappa shape index (κ1) is 15.9. The molecule has 0 aliphatic rings. The quantitative estimate of drug-likeness (QED) is 0.573. The van der Waals surface area contributed by atoms with Gasteiger partial charge in [-0.1, -0.05) is 42.5 Å². The normalized spacial score (nSPS) is 11.1. The minimum Gasteiger partial charge on any atom is -0.493 e. The minimum atomic E-state index is 0.423. The third-order valence-corrected chi connectivity index (χ3v) is 4.99. The number of nitrogens with two attached hydrogens (primary N) is 1. The van der Waals surface area contributed by atoms with Crippen LogP contribution in [-0.2, 0) is 6.54 Å². The van der Waals surface area contributed by atoms with Gasteiger partial charge in [-0.25, -0.2) is 4.98 Å². The second-order valence-electron chi connectivity index (χ2n) is 5.65. The smallest absolute Gasteiger partial charge is 0.195 e. The van der Waals surface area contributed by atoms with Crippen LogP contribution in [0.25, 0.3) is 27.5 Å². The Morgan fingerprint density at radius 3 is 2.60 bits per heavy atom. The molecule has 0 aliphatic carbocycles. The van der Waals surface area contributed by atoms with E-state index in [1.165, 1.54) is 0 Å². The lowest BCUT2D eigenvalue weighted by atomic mass is 10.1. The number of rotatable bonds is 5. The monoisotopic (exact) mass is 349 g/mol. The van der Waals surface area contributed by atoms with Crippen molar-refractivity contribution in [2.75, 3.05) is 6.61 Å². The molecule has 0 bridgehead atoms. The number of para-hydroxylation sites is 1. The number of imidazole rings is 1. The molecule has 0 saturated carbocycles. The minimum absolute atomic E-state index is 0.423. The molecule has 0 aliphatic heterocycles. The van der Waals surface area contributed by atoms with Gasteiger partial charge in [0, 0.05) is 23.1 Å². The average Bonchev–Trinajstić information content (AvgIpc) is 3.22. The van der Waals surface area contributed by atoms with Crippen molar-refractivity contribution >= 4 is 16.3 Å². The summed E-state index contributed by atoms with van der Waals surface area (Å²) in [5, 5.41) is 2.12. The fraction of sp³-hybridized carbons (Fsp3) is 0.150. The summed E-state index contributed by atoms with van der Waals surface area (Å²) in [6.45, 7) is 3.05. The Morgan fingerprint density at radius 1 is 1.08 bits per heavy atom. The van der Waals surface area contributed by atoms with Crippen LogP contribution in [-0.4, -0.2) is 16.0 Å². The highest BCUT2D eigenvalue weighted by atomic mass is 32.1. The fourth-order valence-electron chi connectivity index (χ4n) is 3.08. The maximum Gasteiger partial charge on any atom is 0.195 e. The van der Waals surface area contributed by atoms with Crippen LogP contribution in [0.3, 0.4) is 0 Å². The number of thiazole rings is 1. The third kappa shape index (κ3) is 2.71. The van der Waals surface area contributed by atoms with E-state index in [4.69, 9.17) is 15.5 Å². The lowest BCUT2D eigenvalue weighted by molar-refractivity contribution is 0.341. The summed E-state index contributed by atoms with van der Waals surface area (Å²) in [5.74, 6) is 0.877. The molecule has 25 heavy (non-hydrogen) atoms. The molecule has 2 heterocycles. The Kier molecular flexibility index (Phi) is 4.26. The standard InChI is InChI=1S/C20H19N3OS/c1-2-24-18-11-7-6-10-15(18)17-13-25-20-22-19(16(12-21)23(17)20)14-8-4-3-5-9-14/h3-11,13H,2,12,21H2,1H3. The van der Waals surface area contributed by atoms with Crippen LogP contribution in [0.4, 0.5) is 0 Å². The van der Waals surface area contributed by atoms with E-state index in [0.717, 1.165) is 38.9 Å². The molecule has 2 aromatic carbocycles. The highest BCUT2D eigenvalue weighted by Crippen LogP contribution is 2.36. The van der Waals surface area contributed by atoms with Gasteiger partial charge in [-0.15, -0.1) is 11.3 Å². The number of hydrogen-bond donors (Lipinski definition) is 1. The Morgan fingerprint density at radius 2 is 1.84 bits per heavy atom. The van der Waals surface area contributed by atoms with Gasteiger partial charge >= 0.3 is 0 Å². The van der Waals surface area contributed by atoms with Crippen molar-refractivity contribution in [2.24, 2.45) is 5.73 Å². The molecular formula is C20H19N3OS. The van der Waals surface area contributed by atoms with Crippen molar-refractivity contribution in [2.45, 2.75) is 13.5 Å². The zero-order valence-corrected chi connectivity index (χ0v) is 14.8. The molecule has 126 valence electrons. The second kappa shape index (κ2) is 6.70. The summed E-state index contributed by atoms with van der Waals surface area (Å²) in [5.41, 5.74) is 11.3. The molecule has 0 amide bonds. The Labute approximate surface area is 150 Å². The van der Waals surface area contributed by atoms with E-state index in [9.17, 15) is 0 Å². The van der Waals surface area contributed by atoms with Gasteiger partial charge in [0.2, 0.25) is 0 Å². The molecule has 2 N–H and O–H groups in total.